The Labute approximate surface area is 196 Å². The van der Waals surface area contributed by atoms with Gasteiger partial charge in [-0.15, -0.1) is 0 Å². The molecule has 7 N–H and O–H groups in total. The smallest absolute Gasteiger partial charge is 0.0577 e. The van der Waals surface area contributed by atoms with Crippen LogP contribution in [0.1, 0.15) is 105 Å². The first kappa shape index (κ1) is 27.8. The lowest BCUT2D eigenvalue weighted by Crippen LogP contribution is -2.50. The van der Waals surface area contributed by atoms with Gasteiger partial charge in [-0.1, -0.05) is 65.5 Å². The van der Waals surface area contributed by atoms with Crippen molar-refractivity contribution in [1.29, 1.82) is 0 Å². The van der Waals surface area contributed by atoms with Gasteiger partial charge in [-0.2, -0.15) is 0 Å². The van der Waals surface area contributed by atoms with Crippen molar-refractivity contribution in [3.63, 3.8) is 0 Å². The Morgan fingerprint density at radius 1 is 0.938 bits per heavy atom. The Hall–Kier alpha value is -0.460. The summed E-state index contributed by atoms with van der Waals surface area (Å²) in [5.41, 5.74) is 2.60. The zero-order chi connectivity index (χ0) is 24.1. The number of hydrogen-bond acceptors (Lipinski definition) is 5. The van der Waals surface area contributed by atoms with E-state index in [9.17, 15) is 5.11 Å². The van der Waals surface area contributed by atoms with Crippen LogP contribution in [0.15, 0.2) is 11.6 Å². The summed E-state index contributed by atoms with van der Waals surface area (Å²) in [6.45, 7) is 12.6. The van der Waals surface area contributed by atoms with E-state index in [1.54, 1.807) is 5.57 Å². The molecule has 0 amide bonds. The van der Waals surface area contributed by atoms with Crippen LogP contribution in [0.25, 0.3) is 0 Å². The lowest BCUT2D eigenvalue weighted by Gasteiger charge is -2.58. The third-order valence-electron chi connectivity index (χ3n) is 10.3. The summed E-state index contributed by atoms with van der Waals surface area (Å²) in [6, 6.07) is 0. The van der Waals surface area contributed by atoms with E-state index in [-0.39, 0.29) is 6.10 Å². The van der Waals surface area contributed by atoms with E-state index in [1.807, 2.05) is 0 Å². The lowest BCUT2D eigenvalue weighted by atomic mass is 9.47. The summed E-state index contributed by atoms with van der Waals surface area (Å²) in [5, 5.41) is 23.2. The highest BCUT2D eigenvalue weighted by Gasteiger charge is 2.59. The largest absolute Gasteiger partial charge is 0.393 e. The maximum absolute atomic E-state index is 10.2. The second kappa shape index (κ2) is 11.8. The minimum atomic E-state index is -0.0766. The van der Waals surface area contributed by atoms with E-state index in [0.717, 1.165) is 48.3 Å². The molecule has 0 saturated heterocycles. The third-order valence-corrected chi connectivity index (χ3v) is 10.3. The van der Waals surface area contributed by atoms with Gasteiger partial charge < -0.3 is 15.5 Å². The van der Waals surface area contributed by atoms with Gasteiger partial charge in [0.1, 0.15) is 0 Å². The summed E-state index contributed by atoms with van der Waals surface area (Å²) in [7, 11) is 0. The summed E-state index contributed by atoms with van der Waals surface area (Å²) in [4.78, 5) is 0. The molecule has 0 spiro atoms. The second-order valence-corrected chi connectivity index (χ2v) is 12.2. The van der Waals surface area contributed by atoms with Crippen LogP contribution >= 0.6 is 0 Å². The van der Waals surface area contributed by atoms with E-state index in [4.69, 9.17) is 10.4 Å². The van der Waals surface area contributed by atoms with Crippen LogP contribution in [-0.2, 0) is 0 Å². The van der Waals surface area contributed by atoms with Crippen LogP contribution < -0.4 is 11.8 Å². The molecule has 0 aromatic heterocycles. The van der Waals surface area contributed by atoms with E-state index in [1.165, 1.54) is 57.8 Å². The first-order chi connectivity index (χ1) is 15.3. The van der Waals surface area contributed by atoms with Crippen molar-refractivity contribution in [3.8, 4) is 0 Å². The van der Waals surface area contributed by atoms with E-state index >= 15 is 0 Å². The standard InChI is InChI=1S/C27H46O.2H3NO/c1-18(2)7-6-8-19(3)23-11-12-24-22-10-9-20-17-21(28)13-15-26(20,4)25(22)14-16-27(23,24)5;2*1-2/h9,18-19,21-25,28H,6-8,10-17H2,1-5H3;2*2H,1H2/t19?,21-,22-,23+,24-,25-,26-,27+;;/m0../s1. The highest BCUT2D eigenvalue weighted by Crippen LogP contribution is 2.67. The van der Waals surface area contributed by atoms with Crippen molar-refractivity contribution in [1.82, 2.24) is 0 Å². The molecule has 0 bridgehead atoms. The molecular formula is C27H52N2O3. The molecule has 0 heterocycles. The zero-order valence-corrected chi connectivity index (χ0v) is 21.4. The topological polar surface area (TPSA) is 113 Å². The predicted octanol–water partition coefficient (Wildman–Crippen LogP) is 6.06. The predicted molar refractivity (Wildman–Crippen MR) is 131 cm³/mol. The fourth-order valence-corrected chi connectivity index (χ4v) is 8.67. The van der Waals surface area contributed by atoms with Crippen molar-refractivity contribution in [3.05, 3.63) is 11.6 Å². The number of nitrogens with two attached hydrogens (primary N) is 2. The van der Waals surface area contributed by atoms with Gasteiger partial charge in [-0.05, 0) is 97.7 Å². The van der Waals surface area contributed by atoms with Crippen molar-refractivity contribution < 1.29 is 15.5 Å². The molecular weight excluding hydrogens is 400 g/mol. The minimum Gasteiger partial charge on any atom is -0.393 e. The third kappa shape index (κ3) is 5.27. The summed E-state index contributed by atoms with van der Waals surface area (Å²) < 4.78 is 0. The van der Waals surface area contributed by atoms with Gasteiger partial charge in [0.2, 0.25) is 0 Å². The molecule has 0 radical (unpaired) electrons. The first-order valence-electron chi connectivity index (χ1n) is 13.1. The van der Waals surface area contributed by atoms with Gasteiger partial charge in [0.25, 0.3) is 0 Å². The number of rotatable bonds is 5. The maximum Gasteiger partial charge on any atom is 0.0577 e. The Bertz CT molecular complexity index is 610. The van der Waals surface area contributed by atoms with E-state index in [0.29, 0.717) is 10.8 Å². The van der Waals surface area contributed by atoms with Gasteiger partial charge in [-0.25, -0.2) is 11.8 Å². The highest BCUT2D eigenvalue weighted by atomic mass is 16.4. The molecule has 5 heteroatoms. The number of hydrogen-bond donors (Lipinski definition) is 5. The summed E-state index contributed by atoms with van der Waals surface area (Å²) >= 11 is 0. The summed E-state index contributed by atoms with van der Waals surface area (Å²) in [6.07, 6.45) is 17.2. The average molecular weight is 453 g/mol. The van der Waals surface area contributed by atoms with Crippen molar-refractivity contribution in [2.45, 2.75) is 111 Å². The maximum atomic E-state index is 10.2. The Morgan fingerprint density at radius 2 is 1.62 bits per heavy atom. The SMILES string of the molecule is CC(C)CCCC(C)[C@H]1CC[C@H]2[C@@H]3CC=C4C[C@@H](O)CC[C@]4(C)[C@H]3CC[C@]12C.NO.NO. The molecule has 188 valence electrons. The van der Waals surface area contributed by atoms with E-state index in [2.05, 4.69) is 52.5 Å². The normalized spacial score (nSPS) is 41.1. The molecule has 3 saturated carbocycles. The number of aliphatic hydroxyl groups excluding tert-OH is 1. The Morgan fingerprint density at radius 3 is 2.28 bits per heavy atom. The van der Waals surface area contributed by atoms with Gasteiger partial charge in [0, 0.05) is 0 Å². The van der Waals surface area contributed by atoms with Crippen molar-refractivity contribution in [2.24, 2.45) is 58.1 Å². The van der Waals surface area contributed by atoms with Crippen LogP contribution in [0, 0.1) is 46.3 Å². The molecule has 4 rings (SSSR count). The van der Waals surface area contributed by atoms with Crippen LogP contribution in [0.5, 0.6) is 0 Å². The van der Waals surface area contributed by atoms with Gasteiger partial charge in [0.05, 0.1) is 6.10 Å². The zero-order valence-electron chi connectivity index (χ0n) is 21.4. The molecule has 8 atom stereocenters. The van der Waals surface area contributed by atoms with Crippen LogP contribution in [0.2, 0.25) is 0 Å². The van der Waals surface area contributed by atoms with Crippen molar-refractivity contribution in [2.75, 3.05) is 0 Å². The lowest BCUT2D eigenvalue weighted by molar-refractivity contribution is -0.0573. The second-order valence-electron chi connectivity index (χ2n) is 12.2. The average Bonchev–Trinajstić information content (AvgIpc) is 3.14. The first-order valence-corrected chi connectivity index (χ1v) is 13.1. The molecule has 4 aliphatic carbocycles. The van der Waals surface area contributed by atoms with Crippen LogP contribution in [-0.4, -0.2) is 21.6 Å². The molecule has 1 unspecified atom stereocenters. The molecule has 5 nitrogen and oxygen atoms in total. The Kier molecular flexibility index (Phi) is 10.2. The quantitative estimate of drug-likeness (QED) is 0.257. The molecule has 0 aromatic carbocycles. The summed E-state index contributed by atoms with van der Waals surface area (Å²) in [5.74, 6) is 12.5. The molecule has 0 aliphatic heterocycles. The molecule has 3 fully saturated rings. The van der Waals surface area contributed by atoms with Gasteiger partial charge >= 0.3 is 0 Å². The van der Waals surface area contributed by atoms with Crippen LogP contribution in [0.3, 0.4) is 0 Å². The van der Waals surface area contributed by atoms with Gasteiger partial charge in [-0.3, -0.25) is 0 Å². The van der Waals surface area contributed by atoms with Gasteiger partial charge in [0.15, 0.2) is 0 Å². The Balaban J connectivity index is 0.000000860. The van der Waals surface area contributed by atoms with E-state index < -0.39 is 0 Å². The monoisotopic (exact) mass is 452 g/mol. The molecule has 32 heavy (non-hydrogen) atoms. The molecule has 0 aromatic rings. The van der Waals surface area contributed by atoms with Crippen LogP contribution in [0.4, 0.5) is 0 Å². The highest BCUT2D eigenvalue weighted by molar-refractivity contribution is 5.25. The fraction of sp³-hybridized carbons (Fsp3) is 0.926. The van der Waals surface area contributed by atoms with Crippen molar-refractivity contribution >= 4 is 0 Å². The fourth-order valence-electron chi connectivity index (χ4n) is 8.67. The minimum absolute atomic E-state index is 0.0766. The molecule has 4 aliphatic rings. The number of fused-ring (bicyclic) bond motifs is 5. The number of aliphatic hydroxyl groups is 1. The number of allylic oxidation sites excluding steroid dienone is 1.